The van der Waals surface area contributed by atoms with Crippen molar-refractivity contribution in [2.75, 3.05) is 0 Å². The van der Waals surface area contributed by atoms with Gasteiger partial charge in [-0.3, -0.25) is 0 Å². The molecule has 1 saturated heterocycles. The Bertz CT molecular complexity index is 516. The minimum atomic E-state index is -1.37. The van der Waals surface area contributed by atoms with Gasteiger partial charge in [0.1, 0.15) is 9.75 Å². The van der Waals surface area contributed by atoms with Crippen LogP contribution in [0, 0.1) is 23.7 Å². The lowest BCUT2D eigenvalue weighted by atomic mass is 9.73. The lowest BCUT2D eigenvalue weighted by Gasteiger charge is -2.38. The minimum absolute atomic E-state index is 0.0467. The molecular formula is C12H8Cl6O. The summed E-state index contributed by atoms with van der Waals surface area (Å²) >= 11 is 39.5. The molecule has 0 aromatic rings. The van der Waals surface area contributed by atoms with Gasteiger partial charge in [-0.2, -0.15) is 0 Å². The van der Waals surface area contributed by atoms with Crippen molar-refractivity contribution in [3.63, 3.8) is 0 Å². The average molecular weight is 383 g/mol. The van der Waals surface area contributed by atoms with Crippen molar-refractivity contribution in [2.24, 2.45) is 23.7 Å². The second-order valence-corrected chi connectivity index (χ2v) is 9.58. The maximum atomic E-state index is 6.82. The summed E-state index contributed by atoms with van der Waals surface area (Å²) in [7, 11) is 0. The lowest BCUT2D eigenvalue weighted by molar-refractivity contribution is 0.237. The number of ether oxygens (including phenoxy) is 1. The summed E-state index contributed by atoms with van der Waals surface area (Å²) in [5.41, 5.74) is 0. The monoisotopic (exact) mass is 380 g/mol. The fourth-order valence-electron chi connectivity index (χ4n) is 5.30. The molecule has 0 radical (unpaired) electrons. The van der Waals surface area contributed by atoms with Gasteiger partial charge in [0, 0.05) is 0 Å². The molecule has 1 aliphatic heterocycles. The van der Waals surface area contributed by atoms with Gasteiger partial charge in [-0.05, 0) is 30.1 Å². The van der Waals surface area contributed by atoms with Crippen LogP contribution in [0.25, 0.3) is 0 Å². The fourth-order valence-corrected chi connectivity index (χ4v) is 8.43. The highest BCUT2D eigenvalue weighted by molar-refractivity contribution is 6.65. The van der Waals surface area contributed by atoms with Crippen LogP contribution in [-0.2, 0) is 4.74 Å². The van der Waals surface area contributed by atoms with Gasteiger partial charge in [-0.1, -0.05) is 46.4 Å². The summed E-state index contributed by atoms with van der Waals surface area (Å²) in [4.78, 5) is -2.17. The first-order valence-electron chi connectivity index (χ1n) is 6.25. The molecule has 1 heterocycles. The first kappa shape index (κ1) is 12.9. The van der Waals surface area contributed by atoms with Crippen molar-refractivity contribution >= 4 is 69.6 Å². The van der Waals surface area contributed by atoms with Crippen molar-refractivity contribution in [3.8, 4) is 0 Å². The van der Waals surface area contributed by atoms with Gasteiger partial charge in [0.25, 0.3) is 0 Å². The van der Waals surface area contributed by atoms with Gasteiger partial charge >= 0.3 is 0 Å². The molecule has 0 aromatic carbocycles. The summed E-state index contributed by atoms with van der Waals surface area (Å²) < 4.78 is 4.35. The quantitative estimate of drug-likeness (QED) is 0.260. The van der Waals surface area contributed by atoms with Crippen LogP contribution in [0.3, 0.4) is 0 Å². The summed E-state index contributed by atoms with van der Waals surface area (Å²) in [6, 6.07) is 0. The van der Waals surface area contributed by atoms with Gasteiger partial charge in [0.2, 0.25) is 0 Å². The van der Waals surface area contributed by atoms with Gasteiger partial charge in [-0.15, -0.1) is 23.2 Å². The Balaban J connectivity index is 1.80. The number of halogens is 6. The first-order chi connectivity index (χ1) is 8.78. The highest BCUT2D eigenvalue weighted by atomic mass is 35.5. The smallest absolute Gasteiger partial charge is 0.166 e. The SMILES string of the molecule is ClC1=C(Cl)[C@]2(Cl)[C@@H]3[C@@H]4C[C@@H]([C@@H]5[18O][C@H]45)[C@@H]3[C@@]1(Cl)C2(Cl)Cl. The van der Waals surface area contributed by atoms with Crippen molar-refractivity contribution in [1.82, 2.24) is 0 Å². The maximum absolute atomic E-state index is 6.82. The average Bonchev–Trinajstić information content (AvgIpc) is 2.91. The van der Waals surface area contributed by atoms with E-state index in [0.717, 1.165) is 6.42 Å². The number of hydrogen-bond acceptors (Lipinski definition) is 1. The number of allylic oxidation sites excluding steroid dienone is 2. The molecule has 4 fully saturated rings. The molecule has 19 heavy (non-hydrogen) atoms. The molecule has 8 atom stereocenters. The highest BCUT2D eigenvalue weighted by Gasteiger charge is 2.89. The highest BCUT2D eigenvalue weighted by Crippen LogP contribution is 2.84. The van der Waals surface area contributed by atoms with Crippen LogP contribution < -0.4 is 0 Å². The van der Waals surface area contributed by atoms with E-state index in [0.29, 0.717) is 21.9 Å². The second kappa shape index (κ2) is 3.20. The zero-order valence-corrected chi connectivity index (χ0v) is 13.9. The Kier molecular flexibility index (Phi) is 2.18. The van der Waals surface area contributed by atoms with E-state index in [9.17, 15) is 0 Å². The Morgan fingerprint density at radius 2 is 1.26 bits per heavy atom. The topological polar surface area (TPSA) is 12.5 Å². The summed E-state index contributed by atoms with van der Waals surface area (Å²) in [6.45, 7) is 0. The van der Waals surface area contributed by atoms with Crippen LogP contribution in [0.4, 0.5) is 0 Å². The Morgan fingerprint density at radius 3 is 1.68 bits per heavy atom. The first-order valence-corrected chi connectivity index (χ1v) is 8.52. The van der Waals surface area contributed by atoms with Crippen LogP contribution in [0.1, 0.15) is 6.42 Å². The molecule has 0 amide bonds. The molecule has 4 aliphatic carbocycles. The number of fused-ring (bicyclic) bond motifs is 12. The Hall–Kier alpha value is 1.44. The van der Waals surface area contributed by atoms with Crippen molar-refractivity contribution < 1.29 is 4.74 Å². The predicted octanol–water partition coefficient (Wildman–Crippen LogP) is 4.48. The second-order valence-electron chi connectivity index (χ2n) is 6.31. The van der Waals surface area contributed by atoms with Crippen molar-refractivity contribution in [3.05, 3.63) is 10.1 Å². The van der Waals surface area contributed by atoms with E-state index in [-0.39, 0.29) is 24.0 Å². The van der Waals surface area contributed by atoms with E-state index < -0.39 is 14.1 Å². The van der Waals surface area contributed by atoms with Crippen molar-refractivity contribution in [2.45, 2.75) is 32.7 Å². The van der Waals surface area contributed by atoms with E-state index in [2.05, 4.69) is 0 Å². The molecule has 0 aromatic heterocycles. The van der Waals surface area contributed by atoms with Crippen LogP contribution in [0.15, 0.2) is 10.1 Å². The van der Waals surface area contributed by atoms with Gasteiger partial charge in [0.05, 0.1) is 22.3 Å². The Morgan fingerprint density at radius 1 is 0.842 bits per heavy atom. The number of rotatable bonds is 0. The fraction of sp³-hybridized carbons (Fsp3) is 0.833. The molecule has 7 heteroatoms. The molecule has 0 N–H and O–H groups in total. The molecule has 4 bridgehead atoms. The number of alkyl halides is 4. The third kappa shape index (κ3) is 0.986. The van der Waals surface area contributed by atoms with Crippen LogP contribution in [-0.4, -0.2) is 26.3 Å². The maximum Gasteiger partial charge on any atom is 0.166 e. The van der Waals surface area contributed by atoms with Gasteiger partial charge in [0.15, 0.2) is 4.33 Å². The van der Waals surface area contributed by atoms with E-state index in [1.165, 1.54) is 0 Å². The molecule has 104 valence electrons. The van der Waals surface area contributed by atoms with E-state index in [4.69, 9.17) is 74.3 Å². The standard InChI is InChI=1S/C12H8Cl6O/c13-8-9(14)11(16)5-3-1-2(6-7(3)19-6)4(5)10(8,15)12(11,17)18/h2-7H,1H2/t2-,3+,4+,5-,6+,7-,10+,11-/i19+2. The normalized spacial score (nSPS) is 66.6. The summed E-state index contributed by atoms with van der Waals surface area (Å²) in [5.74, 6) is 0.776. The lowest BCUT2D eigenvalue weighted by Crippen LogP contribution is -2.46. The Labute approximate surface area is 140 Å². The zero-order valence-electron chi connectivity index (χ0n) is 9.35. The zero-order chi connectivity index (χ0) is 13.5. The molecule has 0 spiro atoms. The molecule has 1 nitrogen and oxygen atoms in total. The molecular weight excluding hydrogens is 375 g/mol. The summed E-state index contributed by atoms with van der Waals surface area (Å²) in [5, 5.41) is 0.642. The largest absolute Gasteiger partial charge is 0.369 e. The molecule has 0 unspecified atom stereocenters. The molecule has 5 rings (SSSR count). The predicted molar refractivity (Wildman–Crippen MR) is 77.6 cm³/mol. The summed E-state index contributed by atoms with van der Waals surface area (Å²) in [6.07, 6.45) is 1.63. The van der Waals surface area contributed by atoms with E-state index >= 15 is 0 Å². The van der Waals surface area contributed by atoms with Crippen LogP contribution in [0.5, 0.6) is 0 Å². The van der Waals surface area contributed by atoms with Gasteiger partial charge < -0.3 is 4.74 Å². The van der Waals surface area contributed by atoms with Crippen molar-refractivity contribution in [1.29, 1.82) is 0 Å². The molecule has 3 saturated carbocycles. The van der Waals surface area contributed by atoms with Crippen LogP contribution in [0.2, 0.25) is 0 Å². The third-order valence-corrected chi connectivity index (χ3v) is 10.2. The third-order valence-electron chi connectivity index (χ3n) is 5.92. The van der Waals surface area contributed by atoms with Crippen LogP contribution >= 0.6 is 69.6 Å². The van der Waals surface area contributed by atoms with E-state index in [1.54, 1.807) is 0 Å². The number of hydrogen-bond donors (Lipinski definition) is 0. The van der Waals surface area contributed by atoms with E-state index in [1.807, 2.05) is 0 Å². The minimum Gasteiger partial charge on any atom is -0.369 e. The number of epoxide rings is 1. The molecule has 5 aliphatic rings. The van der Waals surface area contributed by atoms with Gasteiger partial charge in [-0.25, -0.2) is 0 Å².